The standard InChI is InChI=1S/C16H19BrN2O3/c1-3-4-9-18-14-13(17)15(20)19(16(14)21)10-11-5-7-12(22-2)8-6-11/h5-8,18H,3-4,9-10H2,1-2H3. The lowest BCUT2D eigenvalue weighted by Gasteiger charge is -2.15. The van der Waals surface area contributed by atoms with Gasteiger partial charge in [-0.3, -0.25) is 14.5 Å². The molecule has 0 unspecified atom stereocenters. The molecule has 5 nitrogen and oxygen atoms in total. The average Bonchev–Trinajstić information content (AvgIpc) is 2.73. The van der Waals surface area contributed by atoms with Crippen LogP contribution in [0.3, 0.4) is 0 Å². The molecular weight excluding hydrogens is 348 g/mol. The number of carbonyl (C=O) groups is 2. The molecule has 1 aromatic rings. The topological polar surface area (TPSA) is 58.6 Å². The average molecular weight is 367 g/mol. The summed E-state index contributed by atoms with van der Waals surface area (Å²) in [6.07, 6.45) is 1.97. The summed E-state index contributed by atoms with van der Waals surface area (Å²) in [7, 11) is 1.60. The number of nitrogens with zero attached hydrogens (tertiary/aromatic N) is 1. The van der Waals surface area contributed by atoms with Crippen LogP contribution in [-0.4, -0.2) is 30.4 Å². The van der Waals surface area contributed by atoms with Crippen LogP contribution in [0.25, 0.3) is 0 Å². The van der Waals surface area contributed by atoms with Gasteiger partial charge in [-0.25, -0.2) is 0 Å². The van der Waals surface area contributed by atoms with Gasteiger partial charge in [-0.05, 0) is 40.0 Å². The van der Waals surface area contributed by atoms with E-state index in [0.29, 0.717) is 16.7 Å². The van der Waals surface area contributed by atoms with Gasteiger partial charge in [0.2, 0.25) is 0 Å². The summed E-state index contributed by atoms with van der Waals surface area (Å²) in [4.78, 5) is 25.8. The Morgan fingerprint density at radius 3 is 2.45 bits per heavy atom. The molecule has 1 N–H and O–H groups in total. The number of hydrogen-bond donors (Lipinski definition) is 1. The van der Waals surface area contributed by atoms with E-state index in [4.69, 9.17) is 4.74 Å². The smallest absolute Gasteiger partial charge is 0.278 e. The number of hydrogen-bond acceptors (Lipinski definition) is 4. The summed E-state index contributed by atoms with van der Waals surface area (Å²) in [6.45, 7) is 2.99. The van der Waals surface area contributed by atoms with Gasteiger partial charge in [-0.15, -0.1) is 0 Å². The van der Waals surface area contributed by atoms with Crippen molar-refractivity contribution in [1.82, 2.24) is 10.2 Å². The van der Waals surface area contributed by atoms with Crippen LogP contribution in [0, 0.1) is 0 Å². The summed E-state index contributed by atoms with van der Waals surface area (Å²) in [5, 5.41) is 3.05. The molecule has 1 aliphatic rings. The van der Waals surface area contributed by atoms with E-state index in [1.54, 1.807) is 7.11 Å². The van der Waals surface area contributed by atoms with Crippen LogP contribution in [0.2, 0.25) is 0 Å². The highest BCUT2D eigenvalue weighted by Crippen LogP contribution is 2.26. The van der Waals surface area contributed by atoms with Crippen LogP contribution in [-0.2, 0) is 16.1 Å². The summed E-state index contributed by atoms with van der Waals surface area (Å²) in [5.74, 6) is 0.146. The Morgan fingerprint density at radius 2 is 1.86 bits per heavy atom. The fraction of sp³-hybridized carbons (Fsp3) is 0.375. The monoisotopic (exact) mass is 366 g/mol. The molecule has 2 amide bonds. The Hall–Kier alpha value is -1.82. The number of carbonyl (C=O) groups excluding carboxylic acids is 2. The molecule has 0 saturated heterocycles. The van der Waals surface area contributed by atoms with Crippen molar-refractivity contribution in [1.29, 1.82) is 0 Å². The zero-order valence-electron chi connectivity index (χ0n) is 12.7. The van der Waals surface area contributed by atoms with Crippen LogP contribution in [0.1, 0.15) is 25.3 Å². The molecule has 22 heavy (non-hydrogen) atoms. The molecular formula is C16H19BrN2O3. The zero-order chi connectivity index (χ0) is 16.1. The lowest BCUT2D eigenvalue weighted by molar-refractivity contribution is -0.138. The summed E-state index contributed by atoms with van der Waals surface area (Å²) in [5.41, 5.74) is 1.23. The van der Waals surface area contributed by atoms with Gasteiger partial charge in [0.05, 0.1) is 13.7 Å². The first-order valence-corrected chi connectivity index (χ1v) is 8.00. The highest BCUT2D eigenvalue weighted by molar-refractivity contribution is 9.12. The molecule has 6 heteroatoms. The molecule has 1 aliphatic heterocycles. The number of halogens is 1. The molecule has 2 rings (SSSR count). The predicted molar refractivity (Wildman–Crippen MR) is 87.4 cm³/mol. The first-order chi connectivity index (χ1) is 10.6. The lowest BCUT2D eigenvalue weighted by Crippen LogP contribution is -2.33. The van der Waals surface area contributed by atoms with Crippen LogP contribution < -0.4 is 10.1 Å². The van der Waals surface area contributed by atoms with Gasteiger partial charge in [0.25, 0.3) is 11.8 Å². The molecule has 1 aromatic carbocycles. The number of amides is 2. The number of imide groups is 1. The summed E-state index contributed by atoms with van der Waals surface area (Å²) >= 11 is 3.22. The van der Waals surface area contributed by atoms with Gasteiger partial charge >= 0.3 is 0 Å². The number of ether oxygens (including phenoxy) is 1. The fourth-order valence-electron chi connectivity index (χ4n) is 2.15. The van der Waals surface area contributed by atoms with Crippen LogP contribution in [0.5, 0.6) is 5.75 Å². The maximum atomic E-state index is 12.4. The van der Waals surface area contributed by atoms with E-state index in [2.05, 4.69) is 28.2 Å². The third-order valence-corrected chi connectivity index (χ3v) is 4.18. The molecule has 0 aliphatic carbocycles. The normalized spacial score (nSPS) is 14.8. The second-order valence-corrected chi connectivity index (χ2v) is 5.81. The minimum atomic E-state index is -0.306. The third kappa shape index (κ3) is 3.50. The number of rotatable bonds is 7. The Bertz CT molecular complexity index is 596. The predicted octanol–water partition coefficient (Wildman–Crippen LogP) is 2.56. The van der Waals surface area contributed by atoms with Crippen LogP contribution in [0.4, 0.5) is 0 Å². The molecule has 0 bridgehead atoms. The maximum Gasteiger partial charge on any atom is 0.278 e. The van der Waals surface area contributed by atoms with Gasteiger partial charge in [-0.2, -0.15) is 0 Å². The largest absolute Gasteiger partial charge is 0.497 e. The van der Waals surface area contributed by atoms with Crippen molar-refractivity contribution in [2.75, 3.05) is 13.7 Å². The fourth-order valence-corrected chi connectivity index (χ4v) is 2.67. The molecule has 0 atom stereocenters. The summed E-state index contributed by atoms with van der Waals surface area (Å²) < 4.78 is 5.40. The van der Waals surface area contributed by atoms with Crippen molar-refractivity contribution in [2.45, 2.75) is 26.3 Å². The van der Waals surface area contributed by atoms with Gasteiger partial charge in [0, 0.05) is 6.54 Å². The number of nitrogens with one attached hydrogen (secondary N) is 1. The van der Waals surface area contributed by atoms with Crippen molar-refractivity contribution >= 4 is 27.7 Å². The second-order valence-electron chi connectivity index (χ2n) is 5.01. The maximum absolute atomic E-state index is 12.4. The first-order valence-electron chi connectivity index (χ1n) is 7.21. The molecule has 0 saturated carbocycles. The summed E-state index contributed by atoms with van der Waals surface area (Å²) in [6, 6.07) is 7.30. The second kappa shape index (κ2) is 7.45. The SMILES string of the molecule is CCCCNC1=C(Br)C(=O)N(Cc2ccc(OC)cc2)C1=O. The quantitative estimate of drug-likeness (QED) is 0.595. The molecule has 118 valence electrons. The Morgan fingerprint density at radius 1 is 1.18 bits per heavy atom. The van der Waals surface area contributed by atoms with Gasteiger partial charge in [0.1, 0.15) is 15.9 Å². The van der Waals surface area contributed by atoms with E-state index in [0.717, 1.165) is 24.2 Å². The lowest BCUT2D eigenvalue weighted by atomic mass is 10.2. The molecule has 0 fully saturated rings. The number of benzene rings is 1. The van der Waals surface area contributed by atoms with E-state index >= 15 is 0 Å². The van der Waals surface area contributed by atoms with Crippen molar-refractivity contribution in [3.8, 4) is 5.75 Å². The van der Waals surface area contributed by atoms with E-state index in [-0.39, 0.29) is 18.4 Å². The highest BCUT2D eigenvalue weighted by Gasteiger charge is 2.36. The van der Waals surface area contributed by atoms with Crippen LogP contribution in [0.15, 0.2) is 34.4 Å². The van der Waals surface area contributed by atoms with Crippen molar-refractivity contribution < 1.29 is 14.3 Å². The van der Waals surface area contributed by atoms with Gasteiger partial charge < -0.3 is 10.1 Å². The van der Waals surface area contributed by atoms with Crippen LogP contribution >= 0.6 is 15.9 Å². The van der Waals surface area contributed by atoms with Gasteiger partial charge in [-0.1, -0.05) is 25.5 Å². The van der Waals surface area contributed by atoms with E-state index in [1.807, 2.05) is 24.3 Å². The zero-order valence-corrected chi connectivity index (χ0v) is 14.3. The van der Waals surface area contributed by atoms with Crippen molar-refractivity contribution in [2.24, 2.45) is 0 Å². The number of methoxy groups -OCH3 is 1. The molecule has 0 spiro atoms. The minimum Gasteiger partial charge on any atom is -0.497 e. The minimum absolute atomic E-state index is 0.246. The first kappa shape index (κ1) is 16.5. The van der Waals surface area contributed by atoms with E-state index in [9.17, 15) is 9.59 Å². The Kier molecular flexibility index (Phi) is 5.60. The van der Waals surface area contributed by atoms with Gasteiger partial charge in [0.15, 0.2) is 0 Å². The molecule has 0 radical (unpaired) electrons. The van der Waals surface area contributed by atoms with E-state index in [1.165, 1.54) is 4.90 Å². The van der Waals surface area contributed by atoms with Crippen molar-refractivity contribution in [3.05, 3.63) is 40.0 Å². The number of unbranched alkanes of at least 4 members (excludes halogenated alkanes) is 1. The third-order valence-electron chi connectivity index (χ3n) is 3.44. The highest BCUT2D eigenvalue weighted by atomic mass is 79.9. The van der Waals surface area contributed by atoms with E-state index < -0.39 is 0 Å². The Balaban J connectivity index is 2.06. The Labute approximate surface area is 138 Å². The molecule has 1 heterocycles. The van der Waals surface area contributed by atoms with Crippen molar-refractivity contribution in [3.63, 3.8) is 0 Å². The molecule has 0 aromatic heterocycles.